The van der Waals surface area contributed by atoms with Crippen molar-refractivity contribution in [3.63, 3.8) is 0 Å². The summed E-state index contributed by atoms with van der Waals surface area (Å²) in [6.07, 6.45) is 3.25. The zero-order valence-electron chi connectivity index (χ0n) is 9.76. The third-order valence-electron chi connectivity index (χ3n) is 2.44. The molecule has 0 fully saturated rings. The minimum Gasteiger partial charge on any atom is -0.480 e. The third kappa shape index (κ3) is 2.69. The van der Waals surface area contributed by atoms with Crippen LogP contribution in [0.4, 0.5) is 0 Å². The highest BCUT2D eigenvalue weighted by Gasteiger charge is 2.14. The van der Waals surface area contributed by atoms with Crippen LogP contribution >= 0.6 is 0 Å². The summed E-state index contributed by atoms with van der Waals surface area (Å²) in [4.78, 5) is 14.7. The van der Waals surface area contributed by atoms with Crippen molar-refractivity contribution in [3.8, 4) is 0 Å². The second kappa shape index (κ2) is 4.92. The van der Waals surface area contributed by atoms with Crippen molar-refractivity contribution in [1.29, 1.82) is 0 Å². The van der Waals surface area contributed by atoms with Gasteiger partial charge < -0.3 is 10.8 Å². The molecule has 0 aliphatic carbocycles. The van der Waals surface area contributed by atoms with Crippen molar-refractivity contribution in [2.75, 3.05) is 0 Å². The molecule has 0 aliphatic rings. The third-order valence-corrected chi connectivity index (χ3v) is 2.44. The molecule has 1 atom stereocenters. The van der Waals surface area contributed by atoms with Gasteiger partial charge in [0.05, 0.1) is 5.69 Å². The van der Waals surface area contributed by atoms with E-state index < -0.39 is 12.0 Å². The van der Waals surface area contributed by atoms with E-state index in [9.17, 15) is 4.79 Å². The van der Waals surface area contributed by atoms with Crippen LogP contribution in [0.5, 0.6) is 0 Å². The number of hydrogen-bond donors (Lipinski definition) is 2. The van der Waals surface area contributed by atoms with E-state index in [1.54, 1.807) is 22.6 Å². The fourth-order valence-electron chi connectivity index (χ4n) is 1.43. The molecule has 0 saturated heterocycles. The van der Waals surface area contributed by atoms with E-state index in [1.807, 2.05) is 0 Å². The Kier molecular flexibility index (Phi) is 3.33. The van der Waals surface area contributed by atoms with Crippen molar-refractivity contribution in [2.45, 2.75) is 19.0 Å². The molecular formula is C9H13N7O2. The first-order valence-corrected chi connectivity index (χ1v) is 5.26. The fourth-order valence-corrected chi connectivity index (χ4v) is 1.43. The number of rotatable bonds is 5. The Bertz CT molecular complexity index is 547. The Hall–Kier alpha value is -2.29. The van der Waals surface area contributed by atoms with E-state index in [2.05, 4.69) is 20.4 Å². The Morgan fingerprint density at radius 2 is 2.39 bits per heavy atom. The van der Waals surface area contributed by atoms with Gasteiger partial charge in [0.25, 0.3) is 0 Å². The summed E-state index contributed by atoms with van der Waals surface area (Å²) < 4.78 is 3.19. The van der Waals surface area contributed by atoms with Crippen LogP contribution in [0.15, 0.2) is 12.5 Å². The van der Waals surface area contributed by atoms with Crippen LogP contribution in [-0.4, -0.2) is 46.9 Å². The first kappa shape index (κ1) is 12.2. The molecular weight excluding hydrogens is 238 g/mol. The minimum atomic E-state index is -1.06. The molecule has 0 saturated carbocycles. The highest BCUT2D eigenvalue weighted by atomic mass is 16.4. The van der Waals surface area contributed by atoms with Crippen LogP contribution < -0.4 is 5.73 Å². The molecule has 2 heterocycles. The summed E-state index contributed by atoms with van der Waals surface area (Å²) in [5.41, 5.74) is 5.95. The minimum absolute atomic E-state index is 0.147. The van der Waals surface area contributed by atoms with Crippen LogP contribution in [0, 0.1) is 0 Å². The molecule has 0 radical (unpaired) electrons. The average Bonchev–Trinajstić information content (AvgIpc) is 2.90. The molecule has 96 valence electrons. The second-order valence-corrected chi connectivity index (χ2v) is 3.86. The molecule has 0 aliphatic heterocycles. The van der Waals surface area contributed by atoms with Gasteiger partial charge in [-0.15, -0.1) is 5.10 Å². The molecule has 1 unspecified atom stereocenters. The Morgan fingerprint density at radius 3 is 3.00 bits per heavy atom. The first-order valence-electron chi connectivity index (χ1n) is 5.26. The Morgan fingerprint density at radius 1 is 1.61 bits per heavy atom. The van der Waals surface area contributed by atoms with Crippen LogP contribution in [0.1, 0.15) is 11.5 Å². The average molecular weight is 251 g/mol. The number of aromatic nitrogens is 6. The summed E-state index contributed by atoms with van der Waals surface area (Å²) in [7, 11) is 1.78. The van der Waals surface area contributed by atoms with Crippen LogP contribution in [0.3, 0.4) is 0 Å². The second-order valence-electron chi connectivity index (χ2n) is 3.86. The fraction of sp³-hybridized carbons (Fsp3) is 0.444. The quantitative estimate of drug-likeness (QED) is 0.656. The van der Waals surface area contributed by atoms with Crippen LogP contribution in [-0.2, 0) is 24.8 Å². The van der Waals surface area contributed by atoms with E-state index in [-0.39, 0.29) is 6.42 Å². The first-order chi connectivity index (χ1) is 8.56. The molecule has 18 heavy (non-hydrogen) atoms. The van der Waals surface area contributed by atoms with Gasteiger partial charge in [-0.05, 0) is 0 Å². The van der Waals surface area contributed by atoms with Gasteiger partial charge in [0.2, 0.25) is 0 Å². The van der Waals surface area contributed by atoms with Gasteiger partial charge in [0.1, 0.15) is 24.7 Å². The van der Waals surface area contributed by atoms with E-state index in [4.69, 9.17) is 10.8 Å². The molecule has 0 bridgehead atoms. The zero-order chi connectivity index (χ0) is 13.1. The topological polar surface area (TPSA) is 125 Å². The number of nitrogens with zero attached hydrogens (tertiary/aromatic N) is 6. The number of nitrogens with two attached hydrogens (primary N) is 1. The maximum absolute atomic E-state index is 10.6. The predicted octanol–water partition coefficient (Wildman–Crippen LogP) is -1.59. The molecule has 9 heteroatoms. The zero-order valence-corrected chi connectivity index (χ0v) is 9.76. The normalized spacial score (nSPS) is 12.6. The Balaban J connectivity index is 2.02. The maximum atomic E-state index is 10.6. The van der Waals surface area contributed by atoms with E-state index >= 15 is 0 Å². The lowest BCUT2D eigenvalue weighted by Crippen LogP contribution is -2.32. The summed E-state index contributed by atoms with van der Waals surface area (Å²) in [5, 5.41) is 20.4. The lowest BCUT2D eigenvalue weighted by Gasteiger charge is -2.01. The van der Waals surface area contributed by atoms with Gasteiger partial charge in [0, 0.05) is 19.7 Å². The van der Waals surface area contributed by atoms with Gasteiger partial charge in [-0.25, -0.2) is 9.67 Å². The summed E-state index contributed by atoms with van der Waals surface area (Å²) in [6.45, 7) is 0.422. The molecule has 0 aromatic carbocycles. The smallest absolute Gasteiger partial charge is 0.320 e. The summed E-state index contributed by atoms with van der Waals surface area (Å²) in [6, 6.07) is -0.968. The molecule has 2 rings (SSSR count). The van der Waals surface area contributed by atoms with Crippen molar-refractivity contribution < 1.29 is 9.90 Å². The van der Waals surface area contributed by atoms with Crippen molar-refractivity contribution in [1.82, 2.24) is 29.8 Å². The lowest BCUT2D eigenvalue weighted by atomic mass is 10.2. The number of aliphatic carboxylic acids is 1. The van der Waals surface area contributed by atoms with E-state index in [0.717, 1.165) is 5.82 Å². The summed E-state index contributed by atoms with van der Waals surface area (Å²) in [5.74, 6) is -0.327. The van der Waals surface area contributed by atoms with Gasteiger partial charge in [-0.3, -0.25) is 9.48 Å². The molecule has 3 N–H and O–H groups in total. The molecule has 2 aromatic rings. The van der Waals surface area contributed by atoms with Crippen molar-refractivity contribution in [2.24, 2.45) is 12.8 Å². The van der Waals surface area contributed by atoms with Gasteiger partial charge in [0.15, 0.2) is 0 Å². The van der Waals surface area contributed by atoms with Crippen molar-refractivity contribution >= 4 is 5.97 Å². The number of hydrogen-bond acceptors (Lipinski definition) is 6. The van der Waals surface area contributed by atoms with Gasteiger partial charge in [-0.1, -0.05) is 5.21 Å². The number of aryl methyl sites for hydroxylation is 1. The van der Waals surface area contributed by atoms with Crippen LogP contribution in [0.25, 0.3) is 0 Å². The number of carbonyl (C=O) groups is 1. The Labute approximate surface area is 102 Å². The number of carboxylic acids is 1. The lowest BCUT2D eigenvalue weighted by molar-refractivity contribution is -0.138. The highest BCUT2D eigenvalue weighted by molar-refractivity contribution is 5.73. The van der Waals surface area contributed by atoms with Gasteiger partial charge >= 0.3 is 5.97 Å². The maximum Gasteiger partial charge on any atom is 0.320 e. The van der Waals surface area contributed by atoms with E-state index in [1.165, 1.54) is 6.33 Å². The van der Waals surface area contributed by atoms with Crippen molar-refractivity contribution in [3.05, 3.63) is 24.0 Å². The standard InChI is InChI=1S/C9H13N7O2/c1-15-8(11-5-12-15)4-16-3-6(13-14-16)2-7(10)9(17)18/h3,5,7H,2,4,10H2,1H3,(H,17,18). The largest absolute Gasteiger partial charge is 0.480 e. The molecule has 2 aromatic heterocycles. The predicted molar refractivity (Wildman–Crippen MR) is 59.4 cm³/mol. The monoisotopic (exact) mass is 251 g/mol. The highest BCUT2D eigenvalue weighted by Crippen LogP contribution is 2.00. The molecule has 0 amide bonds. The molecule has 0 spiro atoms. The van der Waals surface area contributed by atoms with Gasteiger partial charge in [-0.2, -0.15) is 5.10 Å². The summed E-state index contributed by atoms with van der Waals surface area (Å²) >= 11 is 0. The molecule has 9 nitrogen and oxygen atoms in total. The number of carboxylic acid groups (broad SMARTS) is 1. The van der Waals surface area contributed by atoms with Crippen LogP contribution in [0.2, 0.25) is 0 Å². The van der Waals surface area contributed by atoms with E-state index in [0.29, 0.717) is 12.2 Å². The SMILES string of the molecule is Cn1ncnc1Cn1cc(CC(N)C(=O)O)nn1.